The first-order valence-electron chi connectivity index (χ1n) is 9.27. The van der Waals surface area contributed by atoms with Crippen LogP contribution in [-0.2, 0) is 10.0 Å². The molecule has 0 bridgehead atoms. The molecule has 2 N–H and O–H groups in total. The van der Waals surface area contributed by atoms with Crippen molar-refractivity contribution in [1.29, 1.82) is 0 Å². The number of halogens is 3. The van der Waals surface area contributed by atoms with Gasteiger partial charge in [-0.05, 0) is 80.2 Å². The van der Waals surface area contributed by atoms with Crippen molar-refractivity contribution in [2.24, 2.45) is 0 Å². The van der Waals surface area contributed by atoms with Crippen molar-refractivity contribution in [2.75, 3.05) is 24.9 Å². The van der Waals surface area contributed by atoms with Crippen LogP contribution in [0.15, 0.2) is 41.3 Å². The second kappa shape index (κ2) is 10.3. The zero-order chi connectivity index (χ0) is 21.0. The standard InChI is InChI=1S/C20H24F2N2O4S.ClH/c1-13-3-5-17(19(11-13)28-20(21)22)24-29(25,26)15-4-6-18(27-2)16(12-15)14-7-9-23-10-8-14;/h3-6,11-12,14,20,23-24H,7-10H2,1-2H3;1H. The molecule has 0 aliphatic carbocycles. The topological polar surface area (TPSA) is 76.7 Å². The number of piperidine rings is 1. The number of alkyl halides is 2. The average Bonchev–Trinajstić information content (AvgIpc) is 2.69. The third-order valence-corrected chi connectivity index (χ3v) is 6.25. The number of hydrogen-bond acceptors (Lipinski definition) is 5. The summed E-state index contributed by atoms with van der Waals surface area (Å²) in [6.07, 6.45) is 1.75. The first kappa shape index (κ1) is 24.2. The van der Waals surface area contributed by atoms with E-state index in [0.717, 1.165) is 31.5 Å². The number of nitrogens with one attached hydrogen (secondary N) is 2. The minimum Gasteiger partial charge on any atom is -0.496 e. The van der Waals surface area contributed by atoms with Crippen LogP contribution in [0.4, 0.5) is 14.5 Å². The van der Waals surface area contributed by atoms with Crippen molar-refractivity contribution < 1.29 is 26.7 Å². The van der Waals surface area contributed by atoms with Gasteiger partial charge < -0.3 is 14.8 Å². The molecule has 0 atom stereocenters. The molecule has 10 heteroatoms. The van der Waals surface area contributed by atoms with E-state index in [4.69, 9.17) is 4.74 Å². The third kappa shape index (κ3) is 5.74. The molecule has 0 saturated carbocycles. The molecule has 1 fully saturated rings. The highest BCUT2D eigenvalue weighted by molar-refractivity contribution is 7.92. The third-order valence-electron chi connectivity index (χ3n) is 4.89. The van der Waals surface area contributed by atoms with Gasteiger partial charge in [0, 0.05) is 0 Å². The Morgan fingerprint density at radius 3 is 2.43 bits per heavy atom. The number of anilines is 1. The molecule has 0 spiro atoms. The fourth-order valence-electron chi connectivity index (χ4n) is 3.44. The fraction of sp³-hybridized carbons (Fsp3) is 0.400. The molecule has 1 heterocycles. The lowest BCUT2D eigenvalue weighted by molar-refractivity contribution is -0.0493. The van der Waals surface area contributed by atoms with Crippen molar-refractivity contribution in [2.45, 2.75) is 37.2 Å². The Morgan fingerprint density at radius 1 is 1.10 bits per heavy atom. The van der Waals surface area contributed by atoms with Gasteiger partial charge >= 0.3 is 6.61 Å². The van der Waals surface area contributed by atoms with E-state index >= 15 is 0 Å². The Bertz CT molecular complexity index is 967. The van der Waals surface area contributed by atoms with E-state index in [9.17, 15) is 17.2 Å². The zero-order valence-corrected chi connectivity index (χ0v) is 18.3. The van der Waals surface area contributed by atoms with E-state index in [1.165, 1.54) is 18.2 Å². The number of methoxy groups -OCH3 is 1. The van der Waals surface area contributed by atoms with Crippen LogP contribution in [0.3, 0.4) is 0 Å². The van der Waals surface area contributed by atoms with Gasteiger partial charge in [-0.3, -0.25) is 4.72 Å². The summed E-state index contributed by atoms with van der Waals surface area (Å²) in [6, 6.07) is 9.04. The van der Waals surface area contributed by atoms with Gasteiger partial charge in [0.15, 0.2) is 0 Å². The maximum Gasteiger partial charge on any atom is 0.387 e. The largest absolute Gasteiger partial charge is 0.496 e. The second-order valence-corrected chi connectivity index (χ2v) is 8.59. The second-order valence-electron chi connectivity index (χ2n) is 6.91. The summed E-state index contributed by atoms with van der Waals surface area (Å²) in [7, 11) is -2.47. The molecule has 2 aromatic rings. The lowest BCUT2D eigenvalue weighted by atomic mass is 9.89. The summed E-state index contributed by atoms with van der Waals surface area (Å²) < 4.78 is 63.6. The number of ether oxygens (including phenoxy) is 2. The summed E-state index contributed by atoms with van der Waals surface area (Å²) in [5, 5.41) is 3.28. The van der Waals surface area contributed by atoms with Gasteiger partial charge in [0.25, 0.3) is 10.0 Å². The molecular formula is C20H25ClF2N2O4S. The number of sulfonamides is 1. The summed E-state index contributed by atoms with van der Waals surface area (Å²) in [6.45, 7) is 0.333. The van der Waals surface area contributed by atoms with Crippen molar-refractivity contribution in [3.63, 3.8) is 0 Å². The van der Waals surface area contributed by atoms with E-state index in [2.05, 4.69) is 14.8 Å². The van der Waals surface area contributed by atoms with Crippen LogP contribution in [-0.4, -0.2) is 35.2 Å². The minimum absolute atomic E-state index is 0. The van der Waals surface area contributed by atoms with E-state index in [1.54, 1.807) is 32.2 Å². The molecule has 6 nitrogen and oxygen atoms in total. The molecule has 2 aromatic carbocycles. The number of hydrogen-bond donors (Lipinski definition) is 2. The predicted octanol–water partition coefficient (Wildman–Crippen LogP) is 4.29. The molecule has 0 radical (unpaired) electrons. The van der Waals surface area contributed by atoms with Crippen LogP contribution in [0.5, 0.6) is 11.5 Å². The van der Waals surface area contributed by atoms with Gasteiger partial charge in [-0.2, -0.15) is 8.78 Å². The molecule has 0 aromatic heterocycles. The quantitative estimate of drug-likeness (QED) is 0.641. The Balaban J connectivity index is 0.00000320. The monoisotopic (exact) mass is 462 g/mol. The first-order valence-corrected chi connectivity index (χ1v) is 10.8. The Hall–Kier alpha value is -2.10. The van der Waals surface area contributed by atoms with E-state index < -0.39 is 16.6 Å². The zero-order valence-electron chi connectivity index (χ0n) is 16.7. The van der Waals surface area contributed by atoms with Crippen molar-refractivity contribution in [3.05, 3.63) is 47.5 Å². The van der Waals surface area contributed by atoms with Gasteiger partial charge in [0.2, 0.25) is 0 Å². The fourth-order valence-corrected chi connectivity index (χ4v) is 4.55. The van der Waals surface area contributed by atoms with Crippen LogP contribution in [0, 0.1) is 6.92 Å². The molecule has 1 aliphatic heterocycles. The molecule has 166 valence electrons. The Kier molecular flexibility index (Phi) is 8.28. The van der Waals surface area contributed by atoms with Crippen LogP contribution in [0.2, 0.25) is 0 Å². The van der Waals surface area contributed by atoms with Gasteiger partial charge in [0.1, 0.15) is 11.5 Å². The Morgan fingerprint density at radius 2 is 1.80 bits per heavy atom. The SMILES string of the molecule is COc1ccc(S(=O)(=O)Nc2ccc(C)cc2OC(F)F)cc1C1CCNCC1.Cl. The van der Waals surface area contributed by atoms with Crippen molar-refractivity contribution in [3.8, 4) is 11.5 Å². The average molecular weight is 463 g/mol. The summed E-state index contributed by atoms with van der Waals surface area (Å²) in [5.41, 5.74) is 1.45. The minimum atomic E-state index is -4.02. The van der Waals surface area contributed by atoms with Crippen LogP contribution >= 0.6 is 12.4 Å². The predicted molar refractivity (Wildman–Crippen MR) is 114 cm³/mol. The highest BCUT2D eigenvalue weighted by atomic mass is 35.5. The molecule has 30 heavy (non-hydrogen) atoms. The molecular weight excluding hydrogens is 438 g/mol. The molecule has 0 amide bonds. The normalized spacial score (nSPS) is 14.8. The highest BCUT2D eigenvalue weighted by Gasteiger charge is 2.24. The van der Waals surface area contributed by atoms with E-state index in [1.807, 2.05) is 0 Å². The van der Waals surface area contributed by atoms with E-state index in [0.29, 0.717) is 11.3 Å². The molecule has 3 rings (SSSR count). The van der Waals surface area contributed by atoms with Gasteiger partial charge in [-0.1, -0.05) is 6.07 Å². The van der Waals surface area contributed by atoms with Crippen LogP contribution in [0.25, 0.3) is 0 Å². The summed E-state index contributed by atoms with van der Waals surface area (Å²) >= 11 is 0. The van der Waals surface area contributed by atoms with Crippen molar-refractivity contribution in [1.82, 2.24) is 5.32 Å². The number of aryl methyl sites for hydroxylation is 1. The number of rotatable bonds is 7. The number of benzene rings is 2. The maximum absolute atomic E-state index is 13.0. The Labute approximate surface area is 181 Å². The van der Waals surface area contributed by atoms with Gasteiger partial charge in [-0.15, -0.1) is 12.4 Å². The lowest BCUT2D eigenvalue weighted by Gasteiger charge is -2.25. The van der Waals surface area contributed by atoms with Crippen LogP contribution in [0.1, 0.15) is 29.9 Å². The van der Waals surface area contributed by atoms with Crippen LogP contribution < -0.4 is 19.5 Å². The first-order chi connectivity index (χ1) is 13.8. The van der Waals surface area contributed by atoms with Gasteiger partial charge in [0.05, 0.1) is 17.7 Å². The van der Waals surface area contributed by atoms with E-state index in [-0.39, 0.29) is 34.7 Å². The maximum atomic E-state index is 13.0. The lowest BCUT2D eigenvalue weighted by Crippen LogP contribution is -2.27. The molecule has 1 saturated heterocycles. The summed E-state index contributed by atoms with van der Waals surface area (Å²) in [5.74, 6) is 0.585. The molecule has 1 aliphatic rings. The summed E-state index contributed by atoms with van der Waals surface area (Å²) in [4.78, 5) is 0.0374. The highest BCUT2D eigenvalue weighted by Crippen LogP contribution is 2.35. The van der Waals surface area contributed by atoms with Crippen molar-refractivity contribution >= 4 is 28.1 Å². The smallest absolute Gasteiger partial charge is 0.387 e. The van der Waals surface area contributed by atoms with Gasteiger partial charge in [-0.25, -0.2) is 8.42 Å². The molecule has 0 unspecified atom stereocenters.